The van der Waals surface area contributed by atoms with Gasteiger partial charge in [0.15, 0.2) is 5.75 Å². The van der Waals surface area contributed by atoms with Gasteiger partial charge >= 0.3 is 10.1 Å². The molecule has 1 N–H and O–H groups in total. The van der Waals surface area contributed by atoms with Gasteiger partial charge in [-0.15, -0.1) is 0 Å². The molecule has 0 saturated heterocycles. The smallest absolute Gasteiger partial charge is 0.318 e. The summed E-state index contributed by atoms with van der Waals surface area (Å²) in [7, 11) is -3.97. The first-order chi connectivity index (χ1) is 13.5. The Bertz CT molecular complexity index is 698. The van der Waals surface area contributed by atoms with Crippen LogP contribution in [0, 0.1) is 0 Å². The number of nitrogens with one attached hydrogen (secondary N) is 1. The Balaban J connectivity index is 2.36. The van der Waals surface area contributed by atoms with Gasteiger partial charge in [-0.3, -0.25) is 4.79 Å². The van der Waals surface area contributed by atoms with Crippen molar-refractivity contribution in [2.45, 2.75) is 71.6 Å². The van der Waals surface area contributed by atoms with E-state index in [2.05, 4.69) is 25.2 Å². The van der Waals surface area contributed by atoms with Gasteiger partial charge in [0.1, 0.15) is 5.75 Å². The normalized spacial score (nSPS) is 11.6. The van der Waals surface area contributed by atoms with E-state index in [0.717, 1.165) is 31.2 Å². The molecule has 0 unspecified atom stereocenters. The van der Waals surface area contributed by atoms with Crippen molar-refractivity contribution in [2.75, 3.05) is 12.3 Å². The molecule has 0 aliphatic heterocycles. The van der Waals surface area contributed by atoms with E-state index in [1.165, 1.54) is 25.7 Å². The highest BCUT2D eigenvalue weighted by Gasteiger charge is 2.19. The van der Waals surface area contributed by atoms with Crippen molar-refractivity contribution in [3.63, 3.8) is 0 Å². The Morgan fingerprint density at radius 3 is 2.46 bits per heavy atom. The minimum atomic E-state index is -3.97. The molecule has 28 heavy (non-hydrogen) atoms. The summed E-state index contributed by atoms with van der Waals surface area (Å²) in [5, 5.41) is 2.64. The minimum Gasteiger partial charge on any atom is -0.382 e. The molecule has 0 spiro atoms. The summed E-state index contributed by atoms with van der Waals surface area (Å²) in [5.74, 6) is -0.896. The van der Waals surface area contributed by atoms with Gasteiger partial charge in [-0.2, -0.15) is 8.42 Å². The Morgan fingerprint density at radius 1 is 1.00 bits per heavy atom. The van der Waals surface area contributed by atoms with E-state index in [1.54, 1.807) is 12.1 Å². The van der Waals surface area contributed by atoms with E-state index in [0.29, 0.717) is 18.7 Å². The zero-order valence-corrected chi connectivity index (χ0v) is 18.1. The molecule has 1 aromatic rings. The number of unbranched alkanes of at least 4 members (excludes halogenated alkanes) is 5. The predicted molar refractivity (Wildman–Crippen MR) is 115 cm³/mol. The Morgan fingerprint density at radius 2 is 1.71 bits per heavy atom. The number of hydrogen-bond donors (Lipinski definition) is 1. The number of para-hydroxylation sites is 1. The molecular formula is C22H35NO4S. The van der Waals surface area contributed by atoms with E-state index in [9.17, 15) is 13.2 Å². The van der Waals surface area contributed by atoms with Crippen LogP contribution in [0.25, 0.3) is 0 Å². The van der Waals surface area contributed by atoms with Crippen LogP contribution in [0.15, 0.2) is 36.4 Å². The van der Waals surface area contributed by atoms with Crippen LogP contribution in [0.4, 0.5) is 0 Å². The van der Waals surface area contributed by atoms with Crippen LogP contribution in [0.1, 0.15) is 70.8 Å². The van der Waals surface area contributed by atoms with Crippen LogP contribution >= 0.6 is 0 Å². The quantitative estimate of drug-likeness (QED) is 0.257. The molecule has 0 aromatic heterocycles. The second kappa shape index (κ2) is 14.2. The number of allylic oxidation sites excluding steroid dienone is 1. The van der Waals surface area contributed by atoms with E-state index in [1.807, 2.05) is 18.2 Å². The lowest BCUT2D eigenvalue weighted by molar-refractivity contribution is -0.118. The molecule has 1 rings (SSSR count). The van der Waals surface area contributed by atoms with Crippen molar-refractivity contribution >= 4 is 16.0 Å². The molecule has 0 bridgehead atoms. The summed E-state index contributed by atoms with van der Waals surface area (Å²) in [6.07, 6.45) is 13.5. The molecule has 0 atom stereocenters. The number of carbonyl (C=O) groups excluding carboxylic acids is 1. The van der Waals surface area contributed by atoms with E-state index in [4.69, 9.17) is 4.18 Å². The minimum absolute atomic E-state index is 0.315. The maximum atomic E-state index is 12.2. The predicted octanol–water partition coefficient (Wildman–Crippen LogP) is 4.77. The third-order valence-electron chi connectivity index (χ3n) is 4.32. The number of rotatable bonds is 15. The summed E-state index contributed by atoms with van der Waals surface area (Å²) in [6, 6.07) is 7.07. The Kier molecular flexibility index (Phi) is 12.3. The van der Waals surface area contributed by atoms with E-state index >= 15 is 0 Å². The maximum absolute atomic E-state index is 12.2. The number of amides is 1. The molecule has 1 amide bonds. The number of benzene rings is 1. The topological polar surface area (TPSA) is 72.5 Å². The van der Waals surface area contributed by atoms with Crippen molar-refractivity contribution in [2.24, 2.45) is 0 Å². The van der Waals surface area contributed by atoms with Crippen molar-refractivity contribution in [3.05, 3.63) is 42.0 Å². The molecule has 0 saturated carbocycles. The monoisotopic (exact) mass is 409 g/mol. The van der Waals surface area contributed by atoms with Gasteiger partial charge in [-0.1, -0.05) is 69.9 Å². The molecule has 0 radical (unpaired) electrons. The summed E-state index contributed by atoms with van der Waals surface area (Å²) in [4.78, 5) is 11.9. The molecule has 0 heterocycles. The lowest BCUT2D eigenvalue weighted by atomic mass is 10.1. The molecule has 1 aromatic carbocycles. The first-order valence-electron chi connectivity index (χ1n) is 10.4. The second-order valence-corrected chi connectivity index (χ2v) is 8.53. The second-order valence-electron chi connectivity index (χ2n) is 6.96. The average Bonchev–Trinajstić information content (AvgIpc) is 2.65. The summed E-state index contributed by atoms with van der Waals surface area (Å²) >= 11 is 0. The largest absolute Gasteiger partial charge is 0.382 e. The third kappa shape index (κ3) is 11.1. The maximum Gasteiger partial charge on any atom is 0.318 e. The van der Waals surface area contributed by atoms with Crippen molar-refractivity contribution in [3.8, 4) is 5.75 Å². The zero-order chi connectivity index (χ0) is 20.7. The van der Waals surface area contributed by atoms with Crippen LogP contribution in [0.3, 0.4) is 0 Å². The standard InChI is InChI=1S/C22H35NO4S/c1-3-5-7-8-9-10-11-14-18-23-22(24)19-28(25,26)27-21-17-13-12-16-20(21)15-6-4-2/h10-13,16-17H,3-9,14-15,18-19H2,1-2H3,(H,23,24). The number of hydrogen-bond acceptors (Lipinski definition) is 4. The van der Waals surface area contributed by atoms with Crippen LogP contribution in [0.5, 0.6) is 5.75 Å². The van der Waals surface area contributed by atoms with Crippen LogP contribution < -0.4 is 9.50 Å². The van der Waals surface area contributed by atoms with Crippen molar-refractivity contribution < 1.29 is 17.4 Å². The SMILES string of the molecule is CCCCCCC=CCCNC(=O)CS(=O)(=O)Oc1ccccc1CCCC. The highest BCUT2D eigenvalue weighted by atomic mass is 32.2. The van der Waals surface area contributed by atoms with Crippen molar-refractivity contribution in [1.82, 2.24) is 5.32 Å². The highest BCUT2D eigenvalue weighted by Crippen LogP contribution is 2.21. The molecule has 0 fully saturated rings. The van der Waals surface area contributed by atoms with Gasteiger partial charge in [0, 0.05) is 6.54 Å². The first kappa shape index (κ1) is 24.2. The van der Waals surface area contributed by atoms with Gasteiger partial charge in [0.2, 0.25) is 5.91 Å². The van der Waals surface area contributed by atoms with Crippen molar-refractivity contribution in [1.29, 1.82) is 0 Å². The molecule has 158 valence electrons. The average molecular weight is 410 g/mol. The molecule has 5 nitrogen and oxygen atoms in total. The van der Waals surface area contributed by atoms with Gasteiger partial charge < -0.3 is 9.50 Å². The first-order valence-corrected chi connectivity index (χ1v) is 12.0. The van der Waals surface area contributed by atoms with Gasteiger partial charge in [0.25, 0.3) is 0 Å². The molecule has 6 heteroatoms. The van der Waals surface area contributed by atoms with Gasteiger partial charge in [0.05, 0.1) is 0 Å². The summed E-state index contributed by atoms with van der Waals surface area (Å²) in [6.45, 7) is 4.69. The molecule has 0 aliphatic carbocycles. The zero-order valence-electron chi connectivity index (χ0n) is 17.3. The molecular weight excluding hydrogens is 374 g/mol. The fraction of sp³-hybridized carbons (Fsp3) is 0.591. The molecule has 0 aliphatic rings. The summed E-state index contributed by atoms with van der Waals surface area (Å²) in [5.41, 5.74) is 0.845. The lowest BCUT2D eigenvalue weighted by Gasteiger charge is -2.11. The summed E-state index contributed by atoms with van der Waals surface area (Å²) < 4.78 is 29.6. The van der Waals surface area contributed by atoms with Crippen LogP contribution in [0.2, 0.25) is 0 Å². The Labute approximate surface area is 170 Å². The lowest BCUT2D eigenvalue weighted by Crippen LogP contribution is -2.32. The van der Waals surface area contributed by atoms with Crippen LogP contribution in [-0.2, 0) is 21.3 Å². The fourth-order valence-electron chi connectivity index (χ4n) is 2.76. The number of aryl methyl sites for hydroxylation is 1. The fourth-order valence-corrected chi connectivity index (χ4v) is 3.67. The van der Waals surface area contributed by atoms with Gasteiger partial charge in [-0.25, -0.2) is 0 Å². The third-order valence-corrected chi connectivity index (χ3v) is 5.37. The van der Waals surface area contributed by atoms with E-state index < -0.39 is 21.8 Å². The number of carbonyl (C=O) groups is 1. The van der Waals surface area contributed by atoms with Gasteiger partial charge in [-0.05, 0) is 43.7 Å². The van der Waals surface area contributed by atoms with E-state index in [-0.39, 0.29) is 0 Å². The Hall–Kier alpha value is -1.82. The highest BCUT2D eigenvalue weighted by molar-refractivity contribution is 7.87. The van der Waals surface area contributed by atoms with Crippen LogP contribution in [-0.4, -0.2) is 26.6 Å².